The Morgan fingerprint density at radius 2 is 1.46 bits per heavy atom. The molecular weight excluding hydrogens is 396 g/mol. The van der Waals surface area contributed by atoms with Crippen molar-refractivity contribution < 1.29 is 39.3 Å². The number of aliphatic hydroxyl groups is 1. The van der Waals surface area contributed by atoms with Gasteiger partial charge in [-0.25, -0.2) is 4.79 Å². The molecule has 0 aliphatic rings. The van der Waals surface area contributed by atoms with E-state index in [1.54, 1.807) is 13.8 Å². The van der Waals surface area contributed by atoms with Gasteiger partial charge in [0.15, 0.2) is 0 Å². The molecule has 0 aromatic carbocycles. The van der Waals surface area contributed by atoms with Gasteiger partial charge < -0.3 is 37.0 Å². The molecule has 0 rings (SSSR count). The number of carbonyl (C=O) groups excluding carboxylic acids is 3. The Kier molecular flexibility index (Phi) is 11.1. The van der Waals surface area contributed by atoms with Gasteiger partial charge >= 0.3 is 11.9 Å². The van der Waals surface area contributed by atoms with Crippen molar-refractivity contribution in [3.8, 4) is 0 Å². The molecule has 0 bridgehead atoms. The van der Waals surface area contributed by atoms with E-state index in [0.29, 0.717) is 0 Å². The van der Waals surface area contributed by atoms with Crippen LogP contribution in [0.4, 0.5) is 0 Å². The Hall–Kier alpha value is -2.38. The summed E-state index contributed by atoms with van der Waals surface area (Å²) in [4.78, 5) is 58.2. The summed E-state index contributed by atoms with van der Waals surface area (Å²) in [5.74, 6) is -6.05. The topological polar surface area (TPSA) is 208 Å². The number of hydrogen-bond acceptors (Lipinski definition) is 8. The molecule has 0 aliphatic carbocycles. The van der Waals surface area contributed by atoms with Gasteiger partial charge in [-0.05, 0) is 5.92 Å². The van der Waals surface area contributed by atoms with Crippen molar-refractivity contribution in [2.75, 3.05) is 12.4 Å². The van der Waals surface area contributed by atoms with Crippen LogP contribution < -0.4 is 21.7 Å². The molecule has 0 fully saturated rings. The normalized spacial score (nSPS) is 15.1. The molecule has 0 radical (unpaired) electrons. The number of amides is 3. The van der Waals surface area contributed by atoms with Crippen molar-refractivity contribution in [1.82, 2.24) is 16.0 Å². The van der Waals surface area contributed by atoms with Crippen LogP contribution in [0.15, 0.2) is 0 Å². The summed E-state index contributed by atoms with van der Waals surface area (Å²) in [6, 6.07) is -5.35. The SMILES string of the molecule is CC(C)C(NC(=O)C(CO)NC(=O)C(N)CS)C(=O)NC(CC(=O)O)C(=O)O. The van der Waals surface area contributed by atoms with Gasteiger partial charge in [0.25, 0.3) is 0 Å². The summed E-state index contributed by atoms with van der Waals surface area (Å²) in [6.45, 7) is 2.34. The van der Waals surface area contributed by atoms with Crippen LogP contribution in [0.3, 0.4) is 0 Å². The molecule has 0 saturated heterocycles. The predicted molar refractivity (Wildman–Crippen MR) is 99.4 cm³/mol. The first-order chi connectivity index (χ1) is 12.9. The smallest absolute Gasteiger partial charge is 0.326 e. The van der Waals surface area contributed by atoms with Crippen LogP contribution in [0.2, 0.25) is 0 Å². The van der Waals surface area contributed by atoms with Crippen LogP contribution in [0, 0.1) is 5.92 Å². The number of rotatable bonds is 12. The molecule has 0 spiro atoms. The second kappa shape index (κ2) is 12.2. The minimum Gasteiger partial charge on any atom is -0.481 e. The van der Waals surface area contributed by atoms with Gasteiger partial charge in [0, 0.05) is 5.75 Å². The van der Waals surface area contributed by atoms with Gasteiger partial charge in [0.1, 0.15) is 18.1 Å². The third kappa shape index (κ3) is 8.54. The Morgan fingerprint density at radius 1 is 0.929 bits per heavy atom. The monoisotopic (exact) mass is 422 g/mol. The van der Waals surface area contributed by atoms with Gasteiger partial charge in [-0.1, -0.05) is 13.8 Å². The van der Waals surface area contributed by atoms with E-state index >= 15 is 0 Å². The lowest BCUT2D eigenvalue weighted by atomic mass is 10.0. The molecule has 4 atom stereocenters. The molecule has 3 amide bonds. The fourth-order valence-electron chi connectivity index (χ4n) is 1.98. The highest BCUT2D eigenvalue weighted by atomic mass is 32.1. The zero-order valence-corrected chi connectivity index (χ0v) is 16.3. The minimum atomic E-state index is -1.69. The van der Waals surface area contributed by atoms with E-state index < -0.39 is 72.8 Å². The molecule has 0 aromatic rings. The van der Waals surface area contributed by atoms with Crippen molar-refractivity contribution in [3.05, 3.63) is 0 Å². The van der Waals surface area contributed by atoms with E-state index in [1.165, 1.54) is 0 Å². The van der Waals surface area contributed by atoms with Crippen molar-refractivity contribution in [1.29, 1.82) is 0 Å². The molecule has 0 saturated carbocycles. The first kappa shape index (κ1) is 25.6. The third-order valence-corrected chi connectivity index (χ3v) is 3.98. The van der Waals surface area contributed by atoms with Crippen LogP contribution in [0.5, 0.6) is 0 Å². The van der Waals surface area contributed by atoms with Gasteiger partial charge in [0.2, 0.25) is 17.7 Å². The Morgan fingerprint density at radius 3 is 1.86 bits per heavy atom. The maximum atomic E-state index is 12.3. The standard InChI is InChI=1S/C15H26N4O8S/c1-6(2)11(14(25)17-8(15(26)27)3-10(21)22)19-13(24)9(4-20)18-12(23)7(16)5-28/h6-9,11,20,28H,3-5,16H2,1-2H3,(H,17,25)(H,18,23)(H,19,24)(H,21,22)(H,26,27). The minimum absolute atomic E-state index is 0.00276. The Balaban J connectivity index is 5.18. The lowest BCUT2D eigenvalue weighted by Crippen LogP contribution is -2.59. The number of aliphatic hydroxyl groups excluding tert-OH is 1. The first-order valence-corrected chi connectivity index (χ1v) is 8.90. The molecule has 0 aromatic heterocycles. The molecule has 160 valence electrons. The number of thiol groups is 1. The van der Waals surface area contributed by atoms with Crippen molar-refractivity contribution >= 4 is 42.3 Å². The van der Waals surface area contributed by atoms with E-state index in [-0.39, 0.29) is 5.75 Å². The average Bonchev–Trinajstić information content (AvgIpc) is 2.61. The summed E-state index contributed by atoms with van der Waals surface area (Å²) in [5, 5.41) is 33.6. The highest BCUT2D eigenvalue weighted by molar-refractivity contribution is 7.80. The largest absolute Gasteiger partial charge is 0.481 e. The molecular formula is C15H26N4O8S. The molecule has 13 heteroatoms. The molecule has 12 nitrogen and oxygen atoms in total. The fourth-order valence-corrected chi connectivity index (χ4v) is 2.15. The van der Waals surface area contributed by atoms with Crippen LogP contribution in [-0.4, -0.2) is 81.5 Å². The zero-order valence-electron chi connectivity index (χ0n) is 15.4. The number of carboxylic acid groups (broad SMARTS) is 2. The Labute approximate surface area is 166 Å². The highest BCUT2D eigenvalue weighted by Gasteiger charge is 2.32. The second-order valence-corrected chi connectivity index (χ2v) is 6.63. The van der Waals surface area contributed by atoms with Crippen LogP contribution in [0.25, 0.3) is 0 Å². The summed E-state index contributed by atoms with van der Waals surface area (Å²) >= 11 is 3.85. The van der Waals surface area contributed by atoms with Gasteiger partial charge in [-0.15, -0.1) is 0 Å². The number of nitrogens with one attached hydrogen (secondary N) is 3. The van der Waals surface area contributed by atoms with Crippen LogP contribution in [0.1, 0.15) is 20.3 Å². The quantitative estimate of drug-likeness (QED) is 0.150. The number of carbonyl (C=O) groups is 5. The molecule has 28 heavy (non-hydrogen) atoms. The van der Waals surface area contributed by atoms with E-state index in [0.717, 1.165) is 0 Å². The summed E-state index contributed by atoms with van der Waals surface area (Å²) in [6.07, 6.45) is -0.850. The Bertz CT molecular complexity index is 601. The maximum Gasteiger partial charge on any atom is 0.326 e. The number of nitrogens with two attached hydrogens (primary N) is 1. The van der Waals surface area contributed by atoms with E-state index in [1.807, 2.05) is 5.32 Å². The van der Waals surface area contributed by atoms with Gasteiger partial charge in [-0.3, -0.25) is 19.2 Å². The number of aliphatic carboxylic acids is 2. The highest BCUT2D eigenvalue weighted by Crippen LogP contribution is 2.05. The summed E-state index contributed by atoms with van der Waals surface area (Å²) in [7, 11) is 0. The molecule has 0 heterocycles. The van der Waals surface area contributed by atoms with Crippen molar-refractivity contribution in [3.63, 3.8) is 0 Å². The first-order valence-electron chi connectivity index (χ1n) is 8.27. The van der Waals surface area contributed by atoms with Gasteiger partial charge in [-0.2, -0.15) is 12.6 Å². The lowest BCUT2D eigenvalue weighted by Gasteiger charge is -2.26. The second-order valence-electron chi connectivity index (χ2n) is 6.26. The lowest BCUT2D eigenvalue weighted by molar-refractivity contribution is -0.147. The van der Waals surface area contributed by atoms with Crippen molar-refractivity contribution in [2.45, 2.75) is 44.4 Å². The van der Waals surface area contributed by atoms with Crippen LogP contribution >= 0.6 is 12.6 Å². The summed E-state index contributed by atoms with van der Waals surface area (Å²) in [5.41, 5.74) is 5.47. The number of carboxylic acids is 2. The average molecular weight is 422 g/mol. The number of hydrogen-bond donors (Lipinski definition) is 8. The van der Waals surface area contributed by atoms with Crippen LogP contribution in [-0.2, 0) is 24.0 Å². The third-order valence-electron chi connectivity index (χ3n) is 3.59. The van der Waals surface area contributed by atoms with E-state index in [4.69, 9.17) is 15.9 Å². The van der Waals surface area contributed by atoms with E-state index in [9.17, 15) is 29.1 Å². The molecule has 0 aliphatic heterocycles. The van der Waals surface area contributed by atoms with Crippen molar-refractivity contribution in [2.24, 2.45) is 11.7 Å². The van der Waals surface area contributed by atoms with E-state index in [2.05, 4.69) is 23.3 Å². The summed E-state index contributed by atoms with van der Waals surface area (Å²) < 4.78 is 0. The molecule has 8 N–H and O–H groups in total. The zero-order chi connectivity index (χ0) is 22.0. The fraction of sp³-hybridized carbons (Fsp3) is 0.667. The maximum absolute atomic E-state index is 12.3. The van der Waals surface area contributed by atoms with Gasteiger partial charge in [0.05, 0.1) is 19.1 Å². The predicted octanol–water partition coefficient (Wildman–Crippen LogP) is -3.09. The molecule has 4 unspecified atom stereocenters.